The van der Waals surface area contributed by atoms with Crippen molar-refractivity contribution in [1.82, 2.24) is 25.5 Å². The third kappa shape index (κ3) is 4.04. The molecule has 1 aliphatic heterocycles. The van der Waals surface area contributed by atoms with Crippen LogP contribution in [0.5, 0.6) is 0 Å². The van der Waals surface area contributed by atoms with Gasteiger partial charge in [-0.15, -0.1) is 5.10 Å². The van der Waals surface area contributed by atoms with E-state index >= 15 is 0 Å². The highest BCUT2D eigenvalue weighted by Gasteiger charge is 2.39. The molecule has 1 aromatic carbocycles. The zero-order valence-corrected chi connectivity index (χ0v) is 15.6. The van der Waals surface area contributed by atoms with Crippen molar-refractivity contribution in [3.05, 3.63) is 59.6 Å². The van der Waals surface area contributed by atoms with Crippen LogP contribution >= 0.6 is 0 Å². The lowest BCUT2D eigenvalue weighted by atomic mass is 9.87. The molecule has 1 aliphatic rings. The van der Waals surface area contributed by atoms with Crippen molar-refractivity contribution in [3.63, 3.8) is 0 Å². The zero-order chi connectivity index (χ0) is 19.4. The molecule has 0 spiro atoms. The van der Waals surface area contributed by atoms with E-state index < -0.39 is 5.54 Å². The van der Waals surface area contributed by atoms with E-state index in [4.69, 9.17) is 9.26 Å². The Labute approximate surface area is 162 Å². The minimum absolute atomic E-state index is 0.372. The Balaban J connectivity index is 1.43. The number of benzene rings is 1. The summed E-state index contributed by atoms with van der Waals surface area (Å²) in [5.74, 6) is 1.01. The molecule has 2 aromatic heterocycles. The van der Waals surface area contributed by atoms with Crippen LogP contribution in [0.25, 0.3) is 0 Å². The maximum atomic E-state index is 12.6. The number of aromatic nitrogens is 4. The maximum absolute atomic E-state index is 12.6. The van der Waals surface area contributed by atoms with Gasteiger partial charge in [-0.1, -0.05) is 40.7 Å². The first kappa shape index (κ1) is 18.2. The Bertz CT molecular complexity index is 930. The predicted octanol–water partition coefficient (Wildman–Crippen LogP) is 2.45. The largest absolute Gasteiger partial charge is 0.381 e. The predicted molar refractivity (Wildman–Crippen MR) is 101 cm³/mol. The molecule has 0 bridgehead atoms. The lowest BCUT2D eigenvalue weighted by Gasteiger charge is -2.35. The number of aryl methyl sites for hydroxylation is 1. The molecule has 3 aromatic rings. The molecule has 0 aliphatic carbocycles. The van der Waals surface area contributed by atoms with Gasteiger partial charge in [0.2, 0.25) is 0 Å². The molecule has 2 amide bonds. The second kappa shape index (κ2) is 7.81. The molecule has 0 atom stereocenters. The average molecular weight is 382 g/mol. The summed E-state index contributed by atoms with van der Waals surface area (Å²) in [6.45, 7) is 3.50. The number of urea groups is 1. The van der Waals surface area contributed by atoms with E-state index in [9.17, 15) is 4.79 Å². The summed E-state index contributed by atoms with van der Waals surface area (Å²) in [4.78, 5) is 12.6. The smallest absolute Gasteiger partial charge is 0.321 e. The van der Waals surface area contributed by atoms with Gasteiger partial charge >= 0.3 is 6.03 Å². The van der Waals surface area contributed by atoms with Gasteiger partial charge in [0.15, 0.2) is 11.6 Å². The van der Waals surface area contributed by atoms with Gasteiger partial charge < -0.3 is 14.6 Å². The van der Waals surface area contributed by atoms with Gasteiger partial charge in [-0.05, 0) is 12.5 Å². The standard InChI is InChI=1S/C19H22N6O3/c1-14-11-16(28-23-14)19(7-9-27-10-8-19)21-18(26)20-17-13-25(24-22-17)12-15-5-3-2-4-6-15/h2-6,11,13H,7-10,12H2,1H3,(H2,20,21,26). The molecule has 3 heterocycles. The van der Waals surface area contributed by atoms with Crippen molar-refractivity contribution in [1.29, 1.82) is 0 Å². The Morgan fingerprint density at radius 1 is 1.25 bits per heavy atom. The molecule has 0 unspecified atom stereocenters. The van der Waals surface area contributed by atoms with Crippen LogP contribution in [0, 0.1) is 6.92 Å². The molecule has 1 saturated heterocycles. The summed E-state index contributed by atoms with van der Waals surface area (Å²) in [7, 11) is 0. The van der Waals surface area contributed by atoms with E-state index in [2.05, 4.69) is 26.1 Å². The van der Waals surface area contributed by atoms with Gasteiger partial charge in [-0.25, -0.2) is 9.48 Å². The molecule has 0 saturated carbocycles. The summed E-state index contributed by atoms with van der Waals surface area (Å²) in [5, 5.41) is 17.8. The minimum Gasteiger partial charge on any atom is -0.381 e. The number of hydrogen-bond donors (Lipinski definition) is 2. The molecule has 4 rings (SSSR count). The van der Waals surface area contributed by atoms with E-state index in [1.165, 1.54) is 0 Å². The van der Waals surface area contributed by atoms with Crippen LogP contribution < -0.4 is 10.6 Å². The molecular formula is C19H22N6O3. The zero-order valence-electron chi connectivity index (χ0n) is 15.6. The number of carbonyl (C=O) groups excluding carboxylic acids is 1. The Kier molecular flexibility index (Phi) is 5.07. The first-order chi connectivity index (χ1) is 13.6. The topological polar surface area (TPSA) is 107 Å². The molecule has 9 heteroatoms. The van der Waals surface area contributed by atoms with Crippen molar-refractivity contribution in [2.24, 2.45) is 0 Å². The summed E-state index contributed by atoms with van der Waals surface area (Å²) in [5.41, 5.74) is 1.22. The molecule has 9 nitrogen and oxygen atoms in total. The van der Waals surface area contributed by atoms with Gasteiger partial charge in [0.05, 0.1) is 18.4 Å². The normalized spacial score (nSPS) is 15.9. The lowest BCUT2D eigenvalue weighted by molar-refractivity contribution is 0.0307. The minimum atomic E-state index is -0.649. The van der Waals surface area contributed by atoms with Crippen molar-refractivity contribution < 1.29 is 14.1 Å². The highest BCUT2D eigenvalue weighted by Crippen LogP contribution is 2.32. The summed E-state index contributed by atoms with van der Waals surface area (Å²) < 4.78 is 12.6. The van der Waals surface area contributed by atoms with E-state index in [0.29, 0.717) is 44.2 Å². The van der Waals surface area contributed by atoms with E-state index in [1.54, 1.807) is 10.9 Å². The van der Waals surface area contributed by atoms with Gasteiger partial charge in [-0.3, -0.25) is 5.32 Å². The Morgan fingerprint density at radius 2 is 2.04 bits per heavy atom. The van der Waals surface area contributed by atoms with Crippen molar-refractivity contribution in [2.45, 2.75) is 31.8 Å². The lowest BCUT2D eigenvalue weighted by Crippen LogP contribution is -2.50. The fourth-order valence-electron chi connectivity index (χ4n) is 3.31. The molecular weight excluding hydrogens is 360 g/mol. The van der Waals surface area contributed by atoms with Crippen LogP contribution in [0.15, 0.2) is 47.1 Å². The number of ether oxygens (including phenoxy) is 1. The van der Waals surface area contributed by atoms with Gasteiger partial charge in [0.25, 0.3) is 0 Å². The highest BCUT2D eigenvalue weighted by molar-refractivity contribution is 5.88. The summed E-state index contributed by atoms with van der Waals surface area (Å²) >= 11 is 0. The van der Waals surface area contributed by atoms with Gasteiger partial charge in [0.1, 0.15) is 5.54 Å². The fraction of sp³-hybridized carbons (Fsp3) is 0.368. The van der Waals surface area contributed by atoms with Gasteiger partial charge in [-0.2, -0.15) is 0 Å². The number of rotatable bonds is 5. The number of nitrogens with zero attached hydrogens (tertiary/aromatic N) is 4. The Hall–Kier alpha value is -3.20. The van der Waals surface area contributed by atoms with Crippen molar-refractivity contribution in [2.75, 3.05) is 18.5 Å². The second-order valence-electron chi connectivity index (χ2n) is 6.89. The third-order valence-corrected chi connectivity index (χ3v) is 4.77. The van der Waals surface area contributed by atoms with E-state index in [0.717, 1.165) is 11.3 Å². The maximum Gasteiger partial charge on any atom is 0.321 e. The Morgan fingerprint density at radius 3 is 2.75 bits per heavy atom. The van der Waals surface area contributed by atoms with Gasteiger partial charge in [0, 0.05) is 32.1 Å². The van der Waals surface area contributed by atoms with Crippen LogP contribution in [-0.2, 0) is 16.8 Å². The summed E-state index contributed by atoms with van der Waals surface area (Å²) in [6, 6.07) is 11.4. The molecule has 1 fully saturated rings. The number of carbonyl (C=O) groups is 1. The number of amides is 2. The first-order valence-electron chi connectivity index (χ1n) is 9.18. The summed E-state index contributed by atoms with van der Waals surface area (Å²) in [6.07, 6.45) is 2.91. The van der Waals surface area contributed by atoms with Crippen LogP contribution in [-0.4, -0.2) is 39.4 Å². The third-order valence-electron chi connectivity index (χ3n) is 4.77. The number of hydrogen-bond acceptors (Lipinski definition) is 6. The SMILES string of the molecule is Cc1cc(C2(NC(=O)Nc3cn(Cc4ccccc4)nn3)CCOCC2)on1. The van der Waals surface area contributed by atoms with Crippen LogP contribution in [0.4, 0.5) is 10.6 Å². The molecule has 2 N–H and O–H groups in total. The first-order valence-corrected chi connectivity index (χ1v) is 9.18. The number of anilines is 1. The van der Waals surface area contributed by atoms with Crippen LogP contribution in [0.1, 0.15) is 29.9 Å². The highest BCUT2D eigenvalue weighted by atomic mass is 16.5. The number of nitrogens with one attached hydrogen (secondary N) is 2. The quantitative estimate of drug-likeness (QED) is 0.702. The molecule has 0 radical (unpaired) electrons. The second-order valence-corrected chi connectivity index (χ2v) is 6.89. The van der Waals surface area contributed by atoms with Crippen LogP contribution in [0.2, 0.25) is 0 Å². The van der Waals surface area contributed by atoms with E-state index in [1.807, 2.05) is 43.3 Å². The van der Waals surface area contributed by atoms with Crippen molar-refractivity contribution in [3.8, 4) is 0 Å². The fourth-order valence-corrected chi connectivity index (χ4v) is 3.31. The van der Waals surface area contributed by atoms with Crippen LogP contribution in [0.3, 0.4) is 0 Å². The molecule has 146 valence electrons. The van der Waals surface area contributed by atoms with Crippen molar-refractivity contribution >= 4 is 11.8 Å². The molecule has 28 heavy (non-hydrogen) atoms. The monoisotopic (exact) mass is 382 g/mol. The average Bonchev–Trinajstić information content (AvgIpc) is 3.32. The van der Waals surface area contributed by atoms with E-state index in [-0.39, 0.29) is 6.03 Å².